The van der Waals surface area contributed by atoms with Gasteiger partial charge >= 0.3 is 0 Å². The minimum atomic E-state index is -0.231. The van der Waals surface area contributed by atoms with Crippen LogP contribution in [0.15, 0.2) is 36.4 Å². The highest BCUT2D eigenvalue weighted by atomic mass is 35.5. The van der Waals surface area contributed by atoms with Crippen LogP contribution >= 0.6 is 23.2 Å². The Hall–Kier alpha value is -1.13. The fraction of sp³-hybridized carbons (Fsp3) is 0.200. The van der Waals surface area contributed by atoms with Crippen LogP contribution in [-0.2, 0) is 6.42 Å². The van der Waals surface area contributed by atoms with Crippen LogP contribution in [-0.4, -0.2) is 0 Å². The van der Waals surface area contributed by atoms with E-state index in [2.05, 4.69) is 5.43 Å². The maximum Gasteiger partial charge on any atom is 0.126 e. The van der Waals surface area contributed by atoms with E-state index in [1.807, 2.05) is 12.1 Å². The van der Waals surface area contributed by atoms with Crippen molar-refractivity contribution in [2.24, 2.45) is 5.84 Å². The molecule has 106 valence electrons. The molecule has 0 amide bonds. The molecule has 0 aliphatic heterocycles. The average molecular weight is 313 g/mol. The monoisotopic (exact) mass is 312 g/mol. The van der Waals surface area contributed by atoms with Crippen LogP contribution in [0.5, 0.6) is 0 Å². The van der Waals surface area contributed by atoms with Crippen molar-refractivity contribution in [2.75, 3.05) is 0 Å². The first-order valence-corrected chi connectivity index (χ1v) is 6.93. The number of hydrogen-bond acceptors (Lipinski definition) is 2. The Labute approximate surface area is 127 Å². The molecule has 0 saturated heterocycles. The number of hydrogen-bond donors (Lipinski definition) is 2. The molecule has 0 aliphatic carbocycles. The lowest BCUT2D eigenvalue weighted by Crippen LogP contribution is -2.29. The van der Waals surface area contributed by atoms with Crippen LogP contribution in [0.4, 0.5) is 4.39 Å². The number of nitrogens with two attached hydrogens (primary N) is 1. The molecule has 20 heavy (non-hydrogen) atoms. The zero-order chi connectivity index (χ0) is 14.7. The second-order valence-electron chi connectivity index (χ2n) is 4.64. The van der Waals surface area contributed by atoms with E-state index in [9.17, 15) is 4.39 Å². The number of aryl methyl sites for hydroxylation is 1. The van der Waals surface area contributed by atoms with Crippen molar-refractivity contribution < 1.29 is 4.39 Å². The largest absolute Gasteiger partial charge is 0.271 e. The number of rotatable bonds is 4. The predicted octanol–water partition coefficient (Wildman–Crippen LogP) is 4.19. The van der Waals surface area contributed by atoms with E-state index in [1.54, 1.807) is 25.1 Å². The van der Waals surface area contributed by atoms with Crippen LogP contribution < -0.4 is 11.3 Å². The molecule has 0 bridgehead atoms. The van der Waals surface area contributed by atoms with E-state index in [0.717, 1.165) is 11.1 Å². The Balaban J connectivity index is 2.28. The Kier molecular flexibility index (Phi) is 5.00. The highest BCUT2D eigenvalue weighted by Crippen LogP contribution is 2.29. The zero-order valence-electron chi connectivity index (χ0n) is 11.0. The summed E-state index contributed by atoms with van der Waals surface area (Å²) in [7, 11) is 0. The summed E-state index contributed by atoms with van der Waals surface area (Å²) in [6.45, 7) is 1.72. The molecule has 2 rings (SSSR count). The van der Waals surface area contributed by atoms with Gasteiger partial charge in [0.2, 0.25) is 0 Å². The van der Waals surface area contributed by atoms with Gasteiger partial charge in [-0.2, -0.15) is 0 Å². The summed E-state index contributed by atoms with van der Waals surface area (Å²) in [4.78, 5) is 0. The molecule has 1 unspecified atom stereocenters. The van der Waals surface area contributed by atoms with Gasteiger partial charge in [0.1, 0.15) is 5.82 Å². The van der Waals surface area contributed by atoms with E-state index < -0.39 is 0 Å². The van der Waals surface area contributed by atoms with E-state index in [-0.39, 0.29) is 11.9 Å². The van der Waals surface area contributed by atoms with E-state index in [4.69, 9.17) is 29.0 Å². The van der Waals surface area contributed by atoms with Crippen LogP contribution in [0.3, 0.4) is 0 Å². The lowest BCUT2D eigenvalue weighted by atomic mass is 9.98. The first-order valence-electron chi connectivity index (χ1n) is 6.18. The molecule has 0 saturated carbocycles. The molecule has 2 aromatic carbocycles. The van der Waals surface area contributed by atoms with Gasteiger partial charge in [-0.05, 0) is 42.2 Å². The molecule has 3 N–H and O–H groups in total. The summed E-state index contributed by atoms with van der Waals surface area (Å²) in [6.07, 6.45) is 0.570. The summed E-state index contributed by atoms with van der Waals surface area (Å²) < 4.78 is 13.3. The molecule has 0 fully saturated rings. The standard InChI is InChI=1S/C15H15Cl2FN2/c1-9-7-10(5-6-13(9)18)14(20-19)8-11-3-2-4-12(16)15(11)17/h2-7,14,20H,8,19H2,1H3. The maximum atomic E-state index is 13.3. The molecule has 5 heteroatoms. The van der Waals surface area contributed by atoms with Crippen molar-refractivity contribution in [3.8, 4) is 0 Å². The lowest BCUT2D eigenvalue weighted by molar-refractivity contribution is 0.548. The Morgan fingerprint density at radius 2 is 2.00 bits per heavy atom. The molecule has 0 radical (unpaired) electrons. The summed E-state index contributed by atoms with van der Waals surface area (Å²) in [6, 6.07) is 10.2. The Morgan fingerprint density at radius 1 is 1.25 bits per heavy atom. The second kappa shape index (κ2) is 6.55. The van der Waals surface area contributed by atoms with Gasteiger partial charge < -0.3 is 0 Å². The van der Waals surface area contributed by atoms with Crippen LogP contribution in [0.1, 0.15) is 22.7 Å². The number of nitrogens with one attached hydrogen (secondary N) is 1. The van der Waals surface area contributed by atoms with Crippen molar-refractivity contribution in [3.05, 3.63) is 69.0 Å². The highest BCUT2D eigenvalue weighted by molar-refractivity contribution is 6.42. The summed E-state index contributed by atoms with van der Waals surface area (Å²) in [5.41, 5.74) is 5.12. The van der Waals surface area contributed by atoms with Crippen molar-refractivity contribution in [1.82, 2.24) is 5.43 Å². The van der Waals surface area contributed by atoms with Crippen LogP contribution in [0.2, 0.25) is 10.0 Å². The van der Waals surface area contributed by atoms with Crippen molar-refractivity contribution >= 4 is 23.2 Å². The average Bonchev–Trinajstić information content (AvgIpc) is 2.44. The van der Waals surface area contributed by atoms with Gasteiger partial charge in [-0.3, -0.25) is 11.3 Å². The lowest BCUT2D eigenvalue weighted by Gasteiger charge is -2.18. The molecule has 2 nitrogen and oxygen atoms in total. The number of benzene rings is 2. The number of hydrazine groups is 1. The smallest absolute Gasteiger partial charge is 0.126 e. The van der Waals surface area contributed by atoms with Gasteiger partial charge in [-0.1, -0.05) is 47.5 Å². The minimum Gasteiger partial charge on any atom is -0.271 e. The second-order valence-corrected chi connectivity index (χ2v) is 5.43. The molecular weight excluding hydrogens is 298 g/mol. The van der Waals surface area contributed by atoms with Gasteiger partial charge in [-0.25, -0.2) is 4.39 Å². The van der Waals surface area contributed by atoms with Crippen molar-refractivity contribution in [1.29, 1.82) is 0 Å². The fourth-order valence-corrected chi connectivity index (χ4v) is 2.48. The van der Waals surface area contributed by atoms with Crippen molar-refractivity contribution in [3.63, 3.8) is 0 Å². The first kappa shape index (κ1) is 15.3. The van der Waals surface area contributed by atoms with E-state index >= 15 is 0 Å². The maximum absolute atomic E-state index is 13.3. The summed E-state index contributed by atoms with van der Waals surface area (Å²) in [5, 5.41) is 1.03. The molecular formula is C15H15Cl2FN2. The third-order valence-electron chi connectivity index (χ3n) is 3.24. The summed E-state index contributed by atoms with van der Waals surface area (Å²) in [5.74, 6) is 5.38. The van der Waals surface area contributed by atoms with Gasteiger partial charge in [0, 0.05) is 0 Å². The predicted molar refractivity (Wildman–Crippen MR) is 81.4 cm³/mol. The van der Waals surface area contributed by atoms with Crippen molar-refractivity contribution in [2.45, 2.75) is 19.4 Å². The molecule has 0 heterocycles. The Bertz CT molecular complexity index is 617. The molecule has 0 spiro atoms. The molecule has 2 aromatic rings. The third kappa shape index (κ3) is 3.30. The Morgan fingerprint density at radius 3 is 2.65 bits per heavy atom. The zero-order valence-corrected chi connectivity index (χ0v) is 12.5. The van der Waals surface area contributed by atoms with Gasteiger partial charge in [-0.15, -0.1) is 0 Å². The number of halogens is 3. The highest BCUT2D eigenvalue weighted by Gasteiger charge is 2.14. The van der Waals surface area contributed by atoms with Gasteiger partial charge in [0.25, 0.3) is 0 Å². The molecule has 0 aliphatic rings. The van der Waals surface area contributed by atoms with E-state index in [1.165, 1.54) is 6.07 Å². The first-order chi connectivity index (χ1) is 9.52. The molecule has 1 atom stereocenters. The quantitative estimate of drug-likeness (QED) is 0.656. The normalized spacial score (nSPS) is 12.4. The van der Waals surface area contributed by atoms with Gasteiger partial charge in [0.05, 0.1) is 16.1 Å². The molecule has 0 aromatic heterocycles. The SMILES string of the molecule is Cc1cc(C(Cc2cccc(Cl)c2Cl)NN)ccc1F. The fourth-order valence-electron chi connectivity index (χ4n) is 2.08. The summed E-state index contributed by atoms with van der Waals surface area (Å²) >= 11 is 12.2. The van der Waals surface area contributed by atoms with Crippen LogP contribution in [0.25, 0.3) is 0 Å². The topological polar surface area (TPSA) is 38.0 Å². The van der Waals surface area contributed by atoms with Gasteiger partial charge in [0.15, 0.2) is 0 Å². The van der Waals surface area contributed by atoms with E-state index in [0.29, 0.717) is 22.0 Å². The minimum absolute atomic E-state index is 0.162. The van der Waals surface area contributed by atoms with Crippen LogP contribution in [0, 0.1) is 12.7 Å². The third-order valence-corrected chi connectivity index (χ3v) is 4.10.